The Morgan fingerprint density at radius 3 is 2.41 bits per heavy atom. The number of primary amides is 1. The molecule has 150 valence electrons. The molecule has 1 saturated heterocycles. The molecule has 2 amide bonds. The number of halogens is 1. The highest BCUT2D eigenvalue weighted by Gasteiger charge is 2.35. The van der Waals surface area contributed by atoms with Gasteiger partial charge in [-0.1, -0.05) is 11.6 Å². The van der Waals surface area contributed by atoms with Crippen LogP contribution in [0.2, 0.25) is 5.02 Å². The number of amides is 2. The molecule has 0 spiro atoms. The van der Waals surface area contributed by atoms with Gasteiger partial charge in [0.25, 0.3) is 10.1 Å². The minimum atomic E-state index is -4.81. The molecular formula is C15H20ClN3O7S. The third-order valence-corrected chi connectivity index (χ3v) is 5.29. The van der Waals surface area contributed by atoms with Gasteiger partial charge in [-0.05, 0) is 12.1 Å². The molecule has 2 atom stereocenters. The Bertz CT molecular complexity index is 840. The third kappa shape index (κ3) is 5.08. The molecule has 0 saturated carbocycles. The highest BCUT2D eigenvalue weighted by molar-refractivity contribution is 7.86. The van der Waals surface area contributed by atoms with Gasteiger partial charge in [-0.3, -0.25) is 14.1 Å². The molecule has 10 nitrogen and oxygen atoms in total. The summed E-state index contributed by atoms with van der Waals surface area (Å²) in [5, 5.41) is 10.2. The van der Waals surface area contributed by atoms with E-state index in [1.807, 2.05) is 0 Å². The molecular weight excluding hydrogens is 402 g/mol. The van der Waals surface area contributed by atoms with Crippen molar-refractivity contribution >= 4 is 33.5 Å². The second-order valence-electron chi connectivity index (χ2n) is 6.06. The van der Waals surface area contributed by atoms with Crippen LogP contribution in [-0.2, 0) is 24.4 Å². The van der Waals surface area contributed by atoms with Gasteiger partial charge in [0, 0.05) is 36.0 Å². The monoisotopic (exact) mass is 421 g/mol. The van der Waals surface area contributed by atoms with E-state index in [0.29, 0.717) is 26.3 Å². The number of nitrogens with zero attached hydrogens (tertiary/aromatic N) is 1. The second-order valence-corrected chi connectivity index (χ2v) is 7.88. The number of aromatic hydroxyl groups is 1. The summed E-state index contributed by atoms with van der Waals surface area (Å²) in [6.45, 7) is 1.25. The fourth-order valence-corrected chi connectivity index (χ4v) is 3.82. The summed E-state index contributed by atoms with van der Waals surface area (Å²) < 4.78 is 37.4. The van der Waals surface area contributed by atoms with Crippen molar-refractivity contribution in [3.8, 4) is 5.75 Å². The number of carbonyl (C=O) groups excluding carboxylic acids is 2. The maximum atomic E-state index is 12.7. The normalized spacial score (nSPS) is 17.4. The van der Waals surface area contributed by atoms with Gasteiger partial charge < -0.3 is 26.2 Å². The smallest absolute Gasteiger partial charge is 0.298 e. The van der Waals surface area contributed by atoms with E-state index in [1.54, 1.807) is 0 Å². The van der Waals surface area contributed by atoms with Gasteiger partial charge in [-0.2, -0.15) is 8.42 Å². The number of hydrogen-bond donors (Lipinski definition) is 4. The number of morpholine rings is 1. The highest BCUT2D eigenvalue weighted by atomic mass is 35.5. The van der Waals surface area contributed by atoms with E-state index in [-0.39, 0.29) is 10.6 Å². The topological polar surface area (TPSA) is 173 Å². The van der Waals surface area contributed by atoms with E-state index in [1.165, 1.54) is 11.0 Å². The third-order valence-electron chi connectivity index (χ3n) is 4.21. The molecule has 2 rings (SSSR count). The van der Waals surface area contributed by atoms with Crippen LogP contribution < -0.4 is 11.5 Å². The number of nitrogens with two attached hydrogens (primary N) is 2. The predicted octanol–water partition coefficient (Wildman–Crippen LogP) is -0.563. The minimum absolute atomic E-state index is 0.143. The first kappa shape index (κ1) is 21.4. The van der Waals surface area contributed by atoms with Gasteiger partial charge in [0.2, 0.25) is 11.8 Å². The van der Waals surface area contributed by atoms with Gasteiger partial charge >= 0.3 is 0 Å². The van der Waals surface area contributed by atoms with E-state index in [0.717, 1.165) is 6.07 Å². The Balaban J connectivity index is 2.48. The number of hydrogen-bond acceptors (Lipinski definition) is 7. The van der Waals surface area contributed by atoms with Crippen molar-refractivity contribution in [3.63, 3.8) is 0 Å². The van der Waals surface area contributed by atoms with Crippen molar-refractivity contribution in [2.24, 2.45) is 11.5 Å². The summed E-state index contributed by atoms with van der Waals surface area (Å²) in [5.41, 5.74) is 11.1. The Hall–Kier alpha value is -1.92. The summed E-state index contributed by atoms with van der Waals surface area (Å²) in [6.07, 6.45) is -0.448. The van der Waals surface area contributed by atoms with Crippen molar-refractivity contribution in [2.75, 3.05) is 26.3 Å². The Labute approximate surface area is 160 Å². The van der Waals surface area contributed by atoms with E-state index in [4.69, 9.17) is 27.8 Å². The number of phenolic OH excluding ortho intramolecular Hbond substituents is 1. The molecule has 1 heterocycles. The van der Waals surface area contributed by atoms with Crippen LogP contribution in [-0.4, -0.2) is 67.1 Å². The van der Waals surface area contributed by atoms with Gasteiger partial charge in [0.1, 0.15) is 10.6 Å². The first-order chi connectivity index (χ1) is 12.5. The van der Waals surface area contributed by atoms with Gasteiger partial charge in [-0.25, -0.2) is 0 Å². The van der Waals surface area contributed by atoms with Crippen molar-refractivity contribution in [1.29, 1.82) is 0 Å². The standard InChI is InChI=1S/C15H20ClN3O7S/c16-8-5-10(14(21)11(6-8)27(23,24)25)9(7-12(17)20)13(18)15(22)19-1-3-26-4-2-19/h5-6,9,13,21H,1-4,7,18H2,(H2,17,20)(H,23,24,25)/t9?,13-/m0/s1. The van der Waals surface area contributed by atoms with Gasteiger partial charge in [0.15, 0.2) is 0 Å². The maximum absolute atomic E-state index is 12.7. The molecule has 1 fully saturated rings. The highest BCUT2D eigenvalue weighted by Crippen LogP contribution is 2.38. The van der Waals surface area contributed by atoms with Crippen LogP contribution in [0.3, 0.4) is 0 Å². The summed E-state index contributed by atoms with van der Waals surface area (Å²) in [7, 11) is -4.81. The predicted molar refractivity (Wildman–Crippen MR) is 94.9 cm³/mol. The largest absolute Gasteiger partial charge is 0.506 e. The Morgan fingerprint density at radius 2 is 1.89 bits per heavy atom. The average Bonchev–Trinajstić information content (AvgIpc) is 2.60. The van der Waals surface area contributed by atoms with Crippen LogP contribution in [0.1, 0.15) is 17.9 Å². The molecule has 0 aliphatic carbocycles. The lowest BCUT2D eigenvalue weighted by Crippen LogP contribution is -2.51. The zero-order valence-corrected chi connectivity index (χ0v) is 15.7. The van der Waals surface area contributed by atoms with E-state index >= 15 is 0 Å². The van der Waals surface area contributed by atoms with Gasteiger partial charge in [-0.15, -0.1) is 0 Å². The quantitative estimate of drug-likeness (QED) is 0.442. The minimum Gasteiger partial charge on any atom is -0.506 e. The average molecular weight is 422 g/mol. The molecule has 1 aliphatic rings. The number of phenols is 1. The Morgan fingerprint density at radius 1 is 1.30 bits per heavy atom. The maximum Gasteiger partial charge on any atom is 0.298 e. The van der Waals surface area contributed by atoms with Crippen molar-refractivity contribution in [2.45, 2.75) is 23.3 Å². The molecule has 0 radical (unpaired) electrons. The van der Waals surface area contributed by atoms with Crippen LogP contribution in [0.25, 0.3) is 0 Å². The van der Waals surface area contributed by atoms with Crippen LogP contribution >= 0.6 is 11.6 Å². The lowest BCUT2D eigenvalue weighted by Gasteiger charge is -2.32. The van der Waals surface area contributed by atoms with Crippen LogP contribution in [0.15, 0.2) is 17.0 Å². The van der Waals surface area contributed by atoms with Crippen LogP contribution in [0.4, 0.5) is 0 Å². The fraction of sp³-hybridized carbons (Fsp3) is 0.467. The first-order valence-electron chi connectivity index (χ1n) is 7.92. The van der Waals surface area contributed by atoms with E-state index in [2.05, 4.69) is 0 Å². The van der Waals surface area contributed by atoms with E-state index < -0.39 is 51.0 Å². The molecule has 1 aliphatic heterocycles. The summed E-state index contributed by atoms with van der Waals surface area (Å²) in [5.74, 6) is -3.34. The first-order valence-corrected chi connectivity index (χ1v) is 9.74. The molecule has 1 unspecified atom stereocenters. The number of rotatable bonds is 6. The molecule has 6 N–H and O–H groups in total. The van der Waals surface area contributed by atoms with Crippen molar-refractivity contribution < 1.29 is 32.4 Å². The van der Waals surface area contributed by atoms with Crippen molar-refractivity contribution in [1.82, 2.24) is 4.90 Å². The SMILES string of the molecule is NC(=O)CC(c1cc(Cl)cc(S(=O)(=O)O)c1O)[C@H](N)C(=O)N1CCOCC1. The number of carbonyl (C=O) groups is 2. The van der Waals surface area contributed by atoms with Crippen LogP contribution in [0.5, 0.6) is 5.75 Å². The summed E-state index contributed by atoms with van der Waals surface area (Å²) >= 11 is 5.89. The lowest BCUT2D eigenvalue weighted by molar-refractivity contribution is -0.137. The zero-order valence-electron chi connectivity index (χ0n) is 14.2. The molecule has 0 bridgehead atoms. The lowest BCUT2D eigenvalue weighted by atomic mass is 9.87. The molecule has 1 aromatic carbocycles. The van der Waals surface area contributed by atoms with E-state index in [9.17, 15) is 27.7 Å². The second kappa shape index (κ2) is 8.40. The summed E-state index contributed by atoms with van der Waals surface area (Å²) in [4.78, 5) is 24.8. The summed E-state index contributed by atoms with van der Waals surface area (Å²) in [6, 6.07) is 0.701. The number of ether oxygens (including phenoxy) is 1. The number of benzene rings is 1. The molecule has 1 aromatic rings. The molecule has 12 heteroatoms. The molecule has 0 aromatic heterocycles. The van der Waals surface area contributed by atoms with Gasteiger partial charge in [0.05, 0.1) is 19.3 Å². The van der Waals surface area contributed by atoms with Crippen LogP contribution in [0, 0.1) is 0 Å². The molecule has 27 heavy (non-hydrogen) atoms. The fourth-order valence-electron chi connectivity index (χ4n) is 2.89. The Kier molecular flexibility index (Phi) is 6.65. The zero-order chi connectivity index (χ0) is 20.4. The van der Waals surface area contributed by atoms with Crippen molar-refractivity contribution in [3.05, 3.63) is 22.7 Å².